The molecular formula is C13H21NO. The number of carbonyl (C=O) groups excluding carboxylic acids is 1. The Kier molecular flexibility index (Phi) is 2.96. The summed E-state index contributed by atoms with van der Waals surface area (Å²) < 4.78 is 0. The molecule has 2 nitrogen and oxygen atoms in total. The number of Topliss-reactive ketones (excluding diaryl/α,β-unsaturated/α-hetero) is 1. The molecule has 3 atom stereocenters. The maximum Gasteiger partial charge on any atom is 0.141 e. The van der Waals surface area contributed by atoms with E-state index in [-0.39, 0.29) is 11.5 Å². The second-order valence-electron chi connectivity index (χ2n) is 5.11. The molecule has 1 aliphatic carbocycles. The number of rotatable bonds is 4. The quantitative estimate of drug-likeness (QED) is 0.717. The van der Waals surface area contributed by atoms with E-state index in [1.165, 1.54) is 19.3 Å². The van der Waals surface area contributed by atoms with Crippen molar-refractivity contribution in [2.24, 2.45) is 11.8 Å². The first-order valence-corrected chi connectivity index (χ1v) is 6.07. The fourth-order valence-electron chi connectivity index (χ4n) is 3.13. The molecule has 0 spiro atoms. The number of hydrogen-bond donors (Lipinski definition) is 1. The number of ketones is 1. The summed E-state index contributed by atoms with van der Waals surface area (Å²) in [7, 11) is 0. The Hall–Kier alpha value is -0.630. The highest BCUT2D eigenvalue weighted by Crippen LogP contribution is 2.44. The molecule has 1 N–H and O–H groups in total. The Morgan fingerprint density at radius 1 is 1.67 bits per heavy atom. The highest BCUT2D eigenvalue weighted by Gasteiger charge is 2.49. The molecule has 1 saturated carbocycles. The minimum atomic E-state index is 0.156. The first-order valence-electron chi connectivity index (χ1n) is 6.07. The number of hydrogen-bond acceptors (Lipinski definition) is 2. The third kappa shape index (κ3) is 1.87. The van der Waals surface area contributed by atoms with Gasteiger partial charge in [0.05, 0.1) is 0 Å². The smallest absolute Gasteiger partial charge is 0.141 e. The average Bonchev–Trinajstić information content (AvgIpc) is 2.85. The Bertz CT molecular complexity index is 274. The van der Waals surface area contributed by atoms with Gasteiger partial charge in [-0.1, -0.05) is 19.1 Å². The Labute approximate surface area is 92.1 Å². The van der Waals surface area contributed by atoms with Crippen molar-refractivity contribution in [2.75, 3.05) is 6.54 Å². The number of allylic oxidation sites excluding steroid dienone is 2. The molecule has 2 bridgehead atoms. The van der Waals surface area contributed by atoms with Gasteiger partial charge in [0.25, 0.3) is 0 Å². The fourth-order valence-corrected chi connectivity index (χ4v) is 3.13. The van der Waals surface area contributed by atoms with E-state index < -0.39 is 0 Å². The third-order valence-corrected chi connectivity index (χ3v) is 4.26. The number of nitrogens with one attached hydrogen (secondary N) is 1. The maximum atomic E-state index is 12.0. The van der Waals surface area contributed by atoms with Crippen molar-refractivity contribution in [1.29, 1.82) is 0 Å². The van der Waals surface area contributed by atoms with E-state index in [0.717, 1.165) is 12.5 Å². The predicted molar refractivity (Wildman–Crippen MR) is 61.7 cm³/mol. The largest absolute Gasteiger partial charge is 0.310 e. The van der Waals surface area contributed by atoms with Crippen molar-refractivity contribution < 1.29 is 4.79 Å². The third-order valence-electron chi connectivity index (χ3n) is 4.26. The first kappa shape index (κ1) is 10.9. The second kappa shape index (κ2) is 4.09. The second-order valence-corrected chi connectivity index (χ2v) is 5.11. The topological polar surface area (TPSA) is 29.1 Å². The molecule has 1 aliphatic heterocycles. The van der Waals surface area contributed by atoms with Gasteiger partial charge >= 0.3 is 0 Å². The average molecular weight is 207 g/mol. The number of piperidine rings is 1. The van der Waals surface area contributed by atoms with E-state index in [2.05, 4.69) is 12.2 Å². The SMILES string of the molecule is CC=CCC(=O)C(C)C12CCC(CN1)C2. The normalized spacial score (nSPS) is 36.3. The molecule has 0 aromatic carbocycles. The van der Waals surface area contributed by atoms with Crippen LogP contribution in [0.3, 0.4) is 0 Å². The van der Waals surface area contributed by atoms with Crippen LogP contribution in [-0.4, -0.2) is 17.9 Å². The monoisotopic (exact) mass is 207 g/mol. The van der Waals surface area contributed by atoms with Gasteiger partial charge in [-0.25, -0.2) is 0 Å². The van der Waals surface area contributed by atoms with Crippen LogP contribution in [0.4, 0.5) is 0 Å². The molecule has 2 rings (SSSR count). The van der Waals surface area contributed by atoms with E-state index in [4.69, 9.17) is 0 Å². The van der Waals surface area contributed by atoms with Gasteiger partial charge in [-0.2, -0.15) is 0 Å². The van der Waals surface area contributed by atoms with E-state index in [9.17, 15) is 4.79 Å². The summed E-state index contributed by atoms with van der Waals surface area (Å²) in [5, 5.41) is 3.58. The Morgan fingerprint density at radius 3 is 2.93 bits per heavy atom. The van der Waals surface area contributed by atoms with Gasteiger partial charge in [0, 0.05) is 17.9 Å². The van der Waals surface area contributed by atoms with Gasteiger partial charge in [-0.15, -0.1) is 0 Å². The highest BCUT2D eigenvalue weighted by atomic mass is 16.1. The van der Waals surface area contributed by atoms with Gasteiger partial charge in [0.1, 0.15) is 5.78 Å². The maximum absolute atomic E-state index is 12.0. The van der Waals surface area contributed by atoms with Crippen LogP contribution in [0.25, 0.3) is 0 Å². The van der Waals surface area contributed by atoms with Crippen molar-refractivity contribution in [1.82, 2.24) is 5.32 Å². The molecule has 15 heavy (non-hydrogen) atoms. The minimum Gasteiger partial charge on any atom is -0.310 e. The van der Waals surface area contributed by atoms with Gasteiger partial charge < -0.3 is 5.32 Å². The molecule has 0 aromatic rings. The van der Waals surface area contributed by atoms with Gasteiger partial charge in [0.15, 0.2) is 0 Å². The zero-order valence-electron chi connectivity index (χ0n) is 9.75. The summed E-state index contributed by atoms with van der Waals surface area (Å²) in [5.41, 5.74) is 0.156. The van der Waals surface area contributed by atoms with Gasteiger partial charge in [-0.3, -0.25) is 4.79 Å². The zero-order chi connectivity index (χ0) is 10.9. The molecule has 0 radical (unpaired) electrons. The summed E-state index contributed by atoms with van der Waals surface area (Å²) in [6.07, 6.45) is 8.26. The fraction of sp³-hybridized carbons (Fsp3) is 0.769. The molecule has 0 aromatic heterocycles. The Morgan fingerprint density at radius 2 is 2.47 bits per heavy atom. The summed E-state index contributed by atoms with van der Waals surface area (Å²) in [5.74, 6) is 1.41. The summed E-state index contributed by atoms with van der Waals surface area (Å²) in [4.78, 5) is 12.0. The van der Waals surface area contributed by atoms with E-state index in [1.54, 1.807) is 0 Å². The predicted octanol–water partition coefficient (Wildman–Crippen LogP) is 2.30. The van der Waals surface area contributed by atoms with Crippen LogP contribution in [0.15, 0.2) is 12.2 Å². The van der Waals surface area contributed by atoms with Crippen LogP contribution in [0.1, 0.15) is 39.5 Å². The van der Waals surface area contributed by atoms with Crippen LogP contribution < -0.4 is 5.32 Å². The number of fused-ring (bicyclic) bond motifs is 2. The van der Waals surface area contributed by atoms with Crippen LogP contribution in [0, 0.1) is 11.8 Å². The summed E-state index contributed by atoms with van der Waals surface area (Å²) >= 11 is 0. The van der Waals surface area contributed by atoms with Gasteiger partial charge in [0.2, 0.25) is 0 Å². The first-order chi connectivity index (χ1) is 7.18. The molecule has 2 aliphatic rings. The molecule has 1 heterocycles. The van der Waals surface area contributed by atoms with Crippen molar-refractivity contribution >= 4 is 5.78 Å². The lowest BCUT2D eigenvalue weighted by molar-refractivity contribution is -0.123. The molecule has 84 valence electrons. The summed E-state index contributed by atoms with van der Waals surface area (Å²) in [6.45, 7) is 5.20. The van der Waals surface area contributed by atoms with Crippen LogP contribution in [0.5, 0.6) is 0 Å². The van der Waals surface area contributed by atoms with Crippen LogP contribution in [-0.2, 0) is 4.79 Å². The van der Waals surface area contributed by atoms with Crippen molar-refractivity contribution in [3.05, 3.63) is 12.2 Å². The van der Waals surface area contributed by atoms with Crippen molar-refractivity contribution in [2.45, 2.75) is 45.1 Å². The van der Waals surface area contributed by atoms with E-state index >= 15 is 0 Å². The van der Waals surface area contributed by atoms with E-state index in [1.807, 2.05) is 19.1 Å². The lowest BCUT2D eigenvalue weighted by Crippen LogP contribution is -2.48. The molecule has 1 saturated heterocycles. The molecule has 2 fully saturated rings. The lowest BCUT2D eigenvalue weighted by Gasteiger charge is -2.33. The molecular weight excluding hydrogens is 186 g/mol. The number of carbonyl (C=O) groups is 1. The molecule has 2 heteroatoms. The van der Waals surface area contributed by atoms with Gasteiger partial charge in [-0.05, 0) is 38.6 Å². The summed E-state index contributed by atoms with van der Waals surface area (Å²) in [6, 6.07) is 0. The lowest BCUT2D eigenvalue weighted by atomic mass is 9.81. The highest BCUT2D eigenvalue weighted by molar-refractivity contribution is 5.83. The Balaban J connectivity index is 2.00. The standard InChI is InChI=1S/C13H21NO/c1-3-4-5-12(15)10(2)13-7-6-11(8-13)9-14-13/h3-4,10-11,14H,5-9H2,1-2H3. The van der Waals surface area contributed by atoms with Crippen LogP contribution in [0.2, 0.25) is 0 Å². The molecule has 0 amide bonds. The minimum absolute atomic E-state index is 0.156. The zero-order valence-corrected chi connectivity index (χ0v) is 9.75. The molecule has 3 unspecified atom stereocenters. The van der Waals surface area contributed by atoms with Crippen LogP contribution >= 0.6 is 0 Å². The van der Waals surface area contributed by atoms with Crippen molar-refractivity contribution in [3.63, 3.8) is 0 Å². The van der Waals surface area contributed by atoms with Crippen molar-refractivity contribution in [3.8, 4) is 0 Å². The van der Waals surface area contributed by atoms with E-state index in [0.29, 0.717) is 12.2 Å².